The van der Waals surface area contributed by atoms with Gasteiger partial charge >= 0.3 is 0 Å². The van der Waals surface area contributed by atoms with Crippen LogP contribution in [0.15, 0.2) is 0 Å². The normalized spacial score (nSPS) is 47.5. The van der Waals surface area contributed by atoms with Crippen molar-refractivity contribution >= 4 is 0 Å². The van der Waals surface area contributed by atoms with Crippen molar-refractivity contribution in [1.29, 1.82) is 0 Å². The summed E-state index contributed by atoms with van der Waals surface area (Å²) in [5.74, 6) is 2.83. The maximum absolute atomic E-state index is 10.8. The maximum Gasteiger partial charge on any atom is 0.111 e. The molecule has 4 aliphatic rings. The third kappa shape index (κ3) is 1.84. The Labute approximate surface area is 105 Å². The van der Waals surface area contributed by atoms with E-state index in [0.29, 0.717) is 11.5 Å². The van der Waals surface area contributed by atoms with E-state index in [0.717, 1.165) is 17.8 Å². The fourth-order valence-electron chi connectivity index (χ4n) is 5.39. The molecule has 2 nitrogen and oxygen atoms in total. The van der Waals surface area contributed by atoms with Crippen molar-refractivity contribution in [3.05, 3.63) is 0 Å². The van der Waals surface area contributed by atoms with E-state index >= 15 is 0 Å². The first kappa shape index (κ1) is 12.0. The third-order valence-corrected chi connectivity index (χ3v) is 6.10. The van der Waals surface area contributed by atoms with Gasteiger partial charge < -0.3 is 10.0 Å². The molecular formula is C15H28NO+. The second-order valence-corrected chi connectivity index (χ2v) is 7.59. The molecule has 0 radical (unpaired) electrons. The van der Waals surface area contributed by atoms with Crippen LogP contribution in [0.4, 0.5) is 0 Å². The van der Waals surface area contributed by atoms with Gasteiger partial charge in [0.25, 0.3) is 0 Å². The average molecular weight is 238 g/mol. The molecular weight excluding hydrogens is 210 g/mol. The number of aliphatic hydroxyl groups excluding tert-OH is 1. The van der Waals surface area contributed by atoms with E-state index in [1.54, 1.807) is 0 Å². The molecule has 0 amide bonds. The van der Waals surface area contributed by atoms with Gasteiger partial charge in [-0.15, -0.1) is 0 Å². The number of hydrogen-bond acceptors (Lipinski definition) is 1. The van der Waals surface area contributed by atoms with Gasteiger partial charge in [0.2, 0.25) is 0 Å². The number of quaternary nitrogens is 1. The van der Waals surface area contributed by atoms with Crippen molar-refractivity contribution in [2.75, 3.05) is 14.1 Å². The summed E-state index contributed by atoms with van der Waals surface area (Å²) in [6, 6.07) is 0.381. The molecule has 0 aliphatic heterocycles. The predicted molar refractivity (Wildman–Crippen MR) is 68.9 cm³/mol. The summed E-state index contributed by atoms with van der Waals surface area (Å²) < 4.78 is 0. The van der Waals surface area contributed by atoms with Gasteiger partial charge in [0.05, 0.1) is 14.1 Å². The predicted octanol–water partition coefficient (Wildman–Crippen LogP) is 1.10. The summed E-state index contributed by atoms with van der Waals surface area (Å²) >= 11 is 0. The molecule has 2 heteroatoms. The second-order valence-electron chi connectivity index (χ2n) is 7.59. The highest BCUT2D eigenvalue weighted by Crippen LogP contribution is 2.61. The molecule has 17 heavy (non-hydrogen) atoms. The van der Waals surface area contributed by atoms with Crippen LogP contribution in [-0.2, 0) is 0 Å². The average Bonchev–Trinajstić information content (AvgIpc) is 2.25. The minimum absolute atomic E-state index is 0.0825. The highest BCUT2D eigenvalue weighted by molar-refractivity contribution is 5.05. The van der Waals surface area contributed by atoms with E-state index in [4.69, 9.17) is 0 Å². The third-order valence-electron chi connectivity index (χ3n) is 6.10. The van der Waals surface area contributed by atoms with Gasteiger partial charge in [0.15, 0.2) is 0 Å². The Morgan fingerprint density at radius 1 is 1.00 bits per heavy atom. The summed E-state index contributed by atoms with van der Waals surface area (Å²) in [4.78, 5) is 1.40. The molecule has 0 aromatic heterocycles. The van der Waals surface area contributed by atoms with E-state index in [1.807, 2.05) is 0 Å². The molecule has 4 aliphatic carbocycles. The van der Waals surface area contributed by atoms with E-state index in [2.05, 4.69) is 21.0 Å². The highest BCUT2D eigenvalue weighted by atomic mass is 16.3. The molecule has 4 fully saturated rings. The van der Waals surface area contributed by atoms with Gasteiger partial charge in [-0.25, -0.2) is 0 Å². The van der Waals surface area contributed by atoms with Crippen molar-refractivity contribution in [3.63, 3.8) is 0 Å². The number of likely N-dealkylation sites (N-methyl/N-ethyl adjacent to an activating group) is 1. The van der Waals surface area contributed by atoms with Crippen molar-refractivity contribution in [1.82, 2.24) is 0 Å². The molecule has 0 heterocycles. The zero-order valence-corrected chi connectivity index (χ0v) is 11.6. The molecule has 0 unspecified atom stereocenters. The standard InChI is InChI=1S/C15H27NO/c1-10(16(2)3)14(17)15-7-11-4-12(8-15)6-13(5-11)9-15/h10-14,17H,4-9H2,1-3H3/p+1/t10-,11?,12?,13?,14-,15?/m0/s1. The smallest absolute Gasteiger partial charge is 0.111 e. The summed E-state index contributed by atoms with van der Waals surface area (Å²) in [7, 11) is 4.35. The molecule has 4 bridgehead atoms. The number of nitrogens with one attached hydrogen (secondary N) is 1. The monoisotopic (exact) mass is 238 g/mol. The summed E-state index contributed by atoms with van der Waals surface area (Å²) in [5.41, 5.74) is 0.297. The van der Waals surface area contributed by atoms with Crippen LogP contribution in [0.25, 0.3) is 0 Å². The molecule has 4 saturated carbocycles. The van der Waals surface area contributed by atoms with Crippen LogP contribution in [0.5, 0.6) is 0 Å². The first-order valence-electron chi connectivity index (χ1n) is 7.48. The van der Waals surface area contributed by atoms with Gasteiger partial charge in [-0.1, -0.05) is 0 Å². The van der Waals surface area contributed by atoms with E-state index in [1.165, 1.54) is 43.4 Å². The van der Waals surface area contributed by atoms with Gasteiger partial charge in [0, 0.05) is 5.41 Å². The fourth-order valence-corrected chi connectivity index (χ4v) is 5.39. The molecule has 0 saturated heterocycles. The second kappa shape index (κ2) is 3.96. The lowest BCUT2D eigenvalue weighted by Gasteiger charge is -2.59. The molecule has 98 valence electrons. The van der Waals surface area contributed by atoms with Crippen LogP contribution >= 0.6 is 0 Å². The number of rotatable bonds is 3. The Morgan fingerprint density at radius 2 is 1.41 bits per heavy atom. The van der Waals surface area contributed by atoms with Gasteiger partial charge in [0.1, 0.15) is 12.1 Å². The summed E-state index contributed by atoms with van der Waals surface area (Å²) in [6.45, 7) is 2.22. The molecule has 4 rings (SSSR count). The van der Waals surface area contributed by atoms with Crippen LogP contribution < -0.4 is 4.90 Å². The Morgan fingerprint density at radius 3 is 1.76 bits per heavy atom. The molecule has 0 spiro atoms. The number of aliphatic hydroxyl groups is 1. The topological polar surface area (TPSA) is 24.7 Å². The fraction of sp³-hybridized carbons (Fsp3) is 1.00. The molecule has 0 aromatic rings. The Hall–Kier alpha value is -0.0800. The van der Waals surface area contributed by atoms with Crippen molar-refractivity contribution in [2.24, 2.45) is 23.2 Å². The van der Waals surface area contributed by atoms with Crippen LogP contribution in [-0.4, -0.2) is 31.3 Å². The first-order chi connectivity index (χ1) is 8.00. The van der Waals surface area contributed by atoms with E-state index in [9.17, 15) is 5.11 Å². The number of hydrogen-bond donors (Lipinski definition) is 2. The van der Waals surface area contributed by atoms with Crippen molar-refractivity contribution in [3.8, 4) is 0 Å². The molecule has 2 atom stereocenters. The zero-order chi connectivity index (χ0) is 12.2. The van der Waals surface area contributed by atoms with Crippen molar-refractivity contribution < 1.29 is 10.0 Å². The van der Waals surface area contributed by atoms with E-state index < -0.39 is 0 Å². The maximum atomic E-state index is 10.8. The van der Waals surface area contributed by atoms with Crippen LogP contribution in [0.2, 0.25) is 0 Å². The Balaban J connectivity index is 1.81. The zero-order valence-electron chi connectivity index (χ0n) is 11.6. The van der Waals surface area contributed by atoms with Crippen LogP contribution in [0, 0.1) is 23.2 Å². The van der Waals surface area contributed by atoms with Crippen LogP contribution in [0.3, 0.4) is 0 Å². The SMILES string of the molecule is C[C@@H]([C@H](O)C12CC3CC(CC(C3)C1)C2)[NH+](C)C. The van der Waals surface area contributed by atoms with E-state index in [-0.39, 0.29) is 6.10 Å². The minimum atomic E-state index is -0.0825. The van der Waals surface area contributed by atoms with Crippen molar-refractivity contribution in [2.45, 2.75) is 57.6 Å². The van der Waals surface area contributed by atoms with Gasteiger partial charge in [-0.3, -0.25) is 0 Å². The summed E-state index contributed by atoms with van der Waals surface area (Å²) in [5, 5.41) is 10.8. The minimum Gasteiger partial charge on any atom is -0.386 e. The Kier molecular flexibility index (Phi) is 2.79. The molecule has 0 aromatic carbocycles. The first-order valence-corrected chi connectivity index (χ1v) is 7.48. The lowest BCUT2D eigenvalue weighted by Crippen LogP contribution is -3.11. The van der Waals surface area contributed by atoms with Crippen LogP contribution in [0.1, 0.15) is 45.4 Å². The van der Waals surface area contributed by atoms with Gasteiger partial charge in [-0.2, -0.15) is 0 Å². The lowest BCUT2D eigenvalue weighted by atomic mass is 9.47. The highest BCUT2D eigenvalue weighted by Gasteiger charge is 2.55. The van der Waals surface area contributed by atoms with Gasteiger partial charge in [-0.05, 0) is 63.2 Å². The quantitative estimate of drug-likeness (QED) is 0.756. The molecule has 2 N–H and O–H groups in total. The lowest BCUT2D eigenvalue weighted by molar-refractivity contribution is -0.889. The summed E-state index contributed by atoms with van der Waals surface area (Å²) in [6.07, 6.45) is 8.27. The Bertz CT molecular complexity index is 264. The largest absolute Gasteiger partial charge is 0.386 e.